The predicted octanol–water partition coefficient (Wildman–Crippen LogP) is 0.810. The van der Waals surface area contributed by atoms with E-state index in [-0.39, 0.29) is 18.6 Å². The molecule has 10 heteroatoms. The van der Waals surface area contributed by atoms with Crippen molar-refractivity contribution in [1.29, 1.82) is 0 Å². The van der Waals surface area contributed by atoms with E-state index in [1.165, 1.54) is 11.8 Å². The van der Waals surface area contributed by atoms with Gasteiger partial charge in [0, 0.05) is 17.1 Å². The summed E-state index contributed by atoms with van der Waals surface area (Å²) in [4.78, 5) is 47.0. The van der Waals surface area contributed by atoms with E-state index in [4.69, 9.17) is 15.9 Å². The van der Waals surface area contributed by atoms with Crippen LogP contribution in [0.4, 0.5) is 0 Å². The third kappa shape index (κ3) is 7.05. The Labute approximate surface area is 177 Å². The third-order valence-corrected chi connectivity index (χ3v) is 5.39. The molecule has 0 aromatic heterocycles. The summed E-state index contributed by atoms with van der Waals surface area (Å²) >= 11 is 1.35. The van der Waals surface area contributed by atoms with Crippen molar-refractivity contribution in [2.24, 2.45) is 5.73 Å². The van der Waals surface area contributed by atoms with Crippen LogP contribution in [0.3, 0.4) is 0 Å². The number of carbonyl (C=O) groups excluding carboxylic acids is 2. The van der Waals surface area contributed by atoms with Gasteiger partial charge in [0.2, 0.25) is 11.8 Å². The molecule has 0 radical (unpaired) electrons. The van der Waals surface area contributed by atoms with Gasteiger partial charge in [-0.15, -0.1) is 11.8 Å². The van der Waals surface area contributed by atoms with E-state index in [1.54, 1.807) is 0 Å². The smallest absolute Gasteiger partial charge is 0.322 e. The Bertz CT molecular complexity index is 930. The first-order chi connectivity index (χ1) is 14.3. The minimum atomic E-state index is -1.22. The second-order valence-corrected chi connectivity index (χ2v) is 7.57. The van der Waals surface area contributed by atoms with Crippen LogP contribution in [0.2, 0.25) is 0 Å². The monoisotopic (exact) mass is 433 g/mol. The van der Waals surface area contributed by atoms with Crippen molar-refractivity contribution in [2.45, 2.75) is 29.8 Å². The number of rotatable bonds is 11. The lowest BCUT2D eigenvalue weighted by Crippen LogP contribution is -2.49. The maximum Gasteiger partial charge on any atom is 0.322 e. The normalized spacial score (nSPS) is 12.7. The van der Waals surface area contributed by atoms with Crippen LogP contribution in [-0.2, 0) is 19.2 Å². The lowest BCUT2D eigenvalue weighted by Gasteiger charge is -2.18. The molecule has 9 nitrogen and oxygen atoms in total. The summed E-state index contributed by atoms with van der Waals surface area (Å²) in [6.07, 6.45) is -0.254. The Morgan fingerprint density at radius 1 is 1.03 bits per heavy atom. The van der Waals surface area contributed by atoms with Crippen LogP contribution in [0.5, 0.6) is 0 Å². The third-order valence-electron chi connectivity index (χ3n) is 4.22. The molecule has 0 saturated carbocycles. The molecule has 0 heterocycles. The van der Waals surface area contributed by atoms with Crippen molar-refractivity contribution in [1.82, 2.24) is 10.6 Å². The highest BCUT2D eigenvalue weighted by Crippen LogP contribution is 2.28. The molecular formula is C20H23N3O6S. The zero-order chi connectivity index (χ0) is 22.1. The molecule has 0 aliphatic carbocycles. The van der Waals surface area contributed by atoms with Crippen molar-refractivity contribution in [2.75, 3.05) is 12.3 Å². The van der Waals surface area contributed by atoms with E-state index in [0.29, 0.717) is 0 Å². The number of nitrogens with one attached hydrogen (secondary N) is 2. The molecule has 0 bridgehead atoms. The highest BCUT2D eigenvalue weighted by Gasteiger charge is 2.23. The van der Waals surface area contributed by atoms with Crippen LogP contribution in [0.1, 0.15) is 12.8 Å². The second-order valence-electron chi connectivity index (χ2n) is 6.50. The number of carbonyl (C=O) groups is 4. The lowest BCUT2D eigenvalue weighted by atomic mass is 10.1. The Morgan fingerprint density at radius 2 is 1.73 bits per heavy atom. The van der Waals surface area contributed by atoms with Crippen LogP contribution in [-0.4, -0.2) is 58.3 Å². The number of nitrogens with two attached hydrogens (primary N) is 1. The minimum Gasteiger partial charge on any atom is -0.480 e. The van der Waals surface area contributed by atoms with Crippen LogP contribution in [0.15, 0.2) is 47.4 Å². The van der Waals surface area contributed by atoms with Gasteiger partial charge in [-0.3, -0.25) is 19.2 Å². The van der Waals surface area contributed by atoms with Crippen molar-refractivity contribution >= 4 is 46.3 Å². The van der Waals surface area contributed by atoms with Crippen molar-refractivity contribution < 1.29 is 29.4 Å². The fourth-order valence-electron chi connectivity index (χ4n) is 2.64. The summed E-state index contributed by atoms with van der Waals surface area (Å²) in [5.74, 6) is -3.44. The number of hydrogen-bond donors (Lipinski definition) is 5. The van der Waals surface area contributed by atoms with Crippen LogP contribution >= 0.6 is 11.8 Å². The van der Waals surface area contributed by atoms with E-state index in [9.17, 15) is 19.2 Å². The molecule has 0 unspecified atom stereocenters. The van der Waals surface area contributed by atoms with E-state index < -0.39 is 42.4 Å². The molecular weight excluding hydrogens is 410 g/mol. The summed E-state index contributed by atoms with van der Waals surface area (Å²) in [5, 5.41) is 24.4. The average molecular weight is 433 g/mol. The Kier molecular flexibility index (Phi) is 8.63. The molecule has 0 fully saturated rings. The molecule has 2 rings (SSSR count). The summed E-state index contributed by atoms with van der Waals surface area (Å²) in [5.41, 5.74) is 5.40. The maximum atomic E-state index is 12.4. The highest BCUT2D eigenvalue weighted by molar-refractivity contribution is 7.99. The Balaban J connectivity index is 2.06. The van der Waals surface area contributed by atoms with E-state index in [2.05, 4.69) is 10.6 Å². The first kappa shape index (κ1) is 23.2. The lowest BCUT2D eigenvalue weighted by molar-refractivity contribution is -0.139. The molecule has 30 heavy (non-hydrogen) atoms. The number of aliphatic carboxylic acids is 2. The predicted molar refractivity (Wildman–Crippen MR) is 112 cm³/mol. The van der Waals surface area contributed by atoms with Gasteiger partial charge in [-0.05, 0) is 23.3 Å². The number of carboxylic acid groups (broad SMARTS) is 2. The average Bonchev–Trinajstić information content (AvgIpc) is 2.72. The molecule has 2 amide bonds. The largest absolute Gasteiger partial charge is 0.480 e. The Hall–Kier alpha value is -3.11. The van der Waals surface area contributed by atoms with Gasteiger partial charge in [0.25, 0.3) is 0 Å². The van der Waals surface area contributed by atoms with Crippen molar-refractivity contribution in [3.05, 3.63) is 42.5 Å². The maximum absolute atomic E-state index is 12.4. The number of thioether (sulfide) groups is 1. The van der Waals surface area contributed by atoms with Crippen LogP contribution < -0.4 is 16.4 Å². The molecule has 2 aromatic carbocycles. The summed E-state index contributed by atoms with van der Waals surface area (Å²) < 4.78 is 0. The van der Waals surface area contributed by atoms with Gasteiger partial charge in [0.15, 0.2) is 0 Å². The van der Waals surface area contributed by atoms with Gasteiger partial charge in [0.1, 0.15) is 18.6 Å². The fraction of sp³-hybridized carbons (Fsp3) is 0.300. The van der Waals surface area contributed by atoms with Crippen molar-refractivity contribution in [3.63, 3.8) is 0 Å². The SMILES string of the molecule is N[C@@H](CCC(=O)N[C@@H](CSc1cccc2ccccc12)C(=O)NCC(=O)O)C(=O)O. The van der Waals surface area contributed by atoms with E-state index in [0.717, 1.165) is 15.7 Å². The molecule has 0 spiro atoms. The second kappa shape index (κ2) is 11.2. The first-order valence-electron chi connectivity index (χ1n) is 9.15. The quantitative estimate of drug-likeness (QED) is 0.326. The van der Waals surface area contributed by atoms with Gasteiger partial charge in [-0.1, -0.05) is 36.4 Å². The number of benzene rings is 2. The molecule has 0 aliphatic rings. The van der Waals surface area contributed by atoms with Crippen LogP contribution in [0.25, 0.3) is 10.8 Å². The summed E-state index contributed by atoms with van der Waals surface area (Å²) in [6.45, 7) is -0.575. The molecule has 2 aromatic rings. The topological polar surface area (TPSA) is 159 Å². The van der Waals surface area contributed by atoms with Gasteiger partial charge in [0.05, 0.1) is 0 Å². The Morgan fingerprint density at radius 3 is 2.43 bits per heavy atom. The zero-order valence-electron chi connectivity index (χ0n) is 16.0. The molecule has 0 saturated heterocycles. The number of hydrogen-bond acceptors (Lipinski definition) is 6. The summed E-state index contributed by atoms with van der Waals surface area (Å²) in [6, 6.07) is 11.3. The minimum absolute atomic E-state index is 0.0822. The number of fused-ring (bicyclic) bond motifs is 1. The van der Waals surface area contributed by atoms with Gasteiger partial charge in [-0.2, -0.15) is 0 Å². The van der Waals surface area contributed by atoms with Crippen molar-refractivity contribution in [3.8, 4) is 0 Å². The standard InChI is InChI=1S/C20H23N3O6S/c21-14(20(28)29)8-9-17(24)23-15(19(27)22-10-18(25)26)11-30-16-7-3-5-12-4-1-2-6-13(12)16/h1-7,14-15H,8-11,21H2,(H,22,27)(H,23,24)(H,25,26)(H,28,29)/t14-,15-/m0/s1. The van der Waals surface area contributed by atoms with Gasteiger partial charge < -0.3 is 26.6 Å². The summed E-state index contributed by atoms with van der Waals surface area (Å²) in [7, 11) is 0. The molecule has 160 valence electrons. The van der Waals surface area contributed by atoms with E-state index >= 15 is 0 Å². The number of carboxylic acids is 2. The molecule has 2 atom stereocenters. The fourth-order valence-corrected chi connectivity index (χ4v) is 3.74. The molecule has 6 N–H and O–H groups in total. The number of amides is 2. The highest BCUT2D eigenvalue weighted by atomic mass is 32.2. The van der Waals surface area contributed by atoms with Gasteiger partial charge in [-0.25, -0.2) is 0 Å². The first-order valence-corrected chi connectivity index (χ1v) is 10.1. The molecule has 0 aliphatic heterocycles. The van der Waals surface area contributed by atoms with E-state index in [1.807, 2.05) is 42.5 Å². The van der Waals surface area contributed by atoms with Crippen LogP contribution in [0, 0.1) is 0 Å². The van der Waals surface area contributed by atoms with Gasteiger partial charge >= 0.3 is 11.9 Å². The zero-order valence-corrected chi connectivity index (χ0v) is 16.9.